The number of Topliss-reactive ketones (excluding diaryl/α,β-unsaturated/α-hetero) is 1. The van der Waals surface area contributed by atoms with Crippen molar-refractivity contribution in [1.29, 1.82) is 0 Å². The number of carbonyl (C=O) groups excluding carboxylic acids is 1. The second-order valence-corrected chi connectivity index (χ2v) is 4.69. The van der Waals surface area contributed by atoms with E-state index < -0.39 is 0 Å². The van der Waals surface area contributed by atoms with E-state index in [1.165, 1.54) is 11.3 Å². The summed E-state index contributed by atoms with van der Waals surface area (Å²) in [6, 6.07) is 5.51. The second-order valence-electron chi connectivity index (χ2n) is 3.71. The zero-order chi connectivity index (χ0) is 12.3. The Morgan fingerprint density at radius 2 is 2.29 bits per heavy atom. The number of ether oxygens (including phenoxy) is 1. The molecule has 0 unspecified atom stereocenters. The van der Waals surface area contributed by atoms with Gasteiger partial charge in [0.15, 0.2) is 5.78 Å². The van der Waals surface area contributed by atoms with Crippen LogP contribution in [0.3, 0.4) is 0 Å². The number of hydrogen-bond donors (Lipinski definition) is 0. The van der Waals surface area contributed by atoms with E-state index in [4.69, 9.17) is 4.74 Å². The molecule has 1 heterocycles. The molecule has 0 saturated heterocycles. The van der Waals surface area contributed by atoms with Gasteiger partial charge in [-0.2, -0.15) is 0 Å². The molecule has 0 fully saturated rings. The lowest BCUT2D eigenvalue weighted by atomic mass is 10.1. The molecule has 0 atom stereocenters. The van der Waals surface area contributed by atoms with Crippen LogP contribution in [0.1, 0.15) is 20.9 Å². The third-order valence-electron chi connectivity index (χ3n) is 2.53. The highest BCUT2D eigenvalue weighted by Crippen LogP contribution is 2.20. The Morgan fingerprint density at radius 3 is 2.94 bits per heavy atom. The fourth-order valence-electron chi connectivity index (χ4n) is 1.57. The highest BCUT2D eigenvalue weighted by molar-refractivity contribution is 7.09. The smallest absolute Gasteiger partial charge is 0.169 e. The molecule has 0 aliphatic rings. The van der Waals surface area contributed by atoms with Gasteiger partial charge >= 0.3 is 0 Å². The summed E-state index contributed by atoms with van der Waals surface area (Å²) >= 11 is 1.50. The minimum Gasteiger partial charge on any atom is -0.496 e. The summed E-state index contributed by atoms with van der Waals surface area (Å²) in [4.78, 5) is 16.1. The van der Waals surface area contributed by atoms with Crippen molar-refractivity contribution < 1.29 is 9.53 Å². The first-order chi connectivity index (χ1) is 8.20. The number of hydrogen-bond acceptors (Lipinski definition) is 4. The summed E-state index contributed by atoms with van der Waals surface area (Å²) < 4.78 is 5.21. The van der Waals surface area contributed by atoms with Gasteiger partial charge < -0.3 is 4.74 Å². The molecule has 2 rings (SSSR count). The van der Waals surface area contributed by atoms with Crippen LogP contribution in [0.15, 0.2) is 29.8 Å². The van der Waals surface area contributed by atoms with Crippen molar-refractivity contribution in [1.82, 2.24) is 4.98 Å². The monoisotopic (exact) mass is 247 g/mol. The van der Waals surface area contributed by atoms with Gasteiger partial charge in [-0.1, -0.05) is 12.1 Å². The van der Waals surface area contributed by atoms with Gasteiger partial charge in [0.2, 0.25) is 0 Å². The molecule has 88 valence electrons. The minimum atomic E-state index is 0.0678. The number of carbonyl (C=O) groups is 1. The van der Waals surface area contributed by atoms with Crippen molar-refractivity contribution in [3.63, 3.8) is 0 Å². The maximum atomic E-state index is 12.0. The van der Waals surface area contributed by atoms with Crippen LogP contribution in [0.5, 0.6) is 5.75 Å². The molecule has 1 aromatic heterocycles. The molecule has 0 bridgehead atoms. The first kappa shape index (κ1) is 11.8. The number of nitrogens with zero attached hydrogens (tertiary/aromatic N) is 1. The van der Waals surface area contributed by atoms with Crippen LogP contribution in [-0.4, -0.2) is 17.9 Å². The lowest BCUT2D eigenvalue weighted by Gasteiger charge is -2.06. The minimum absolute atomic E-state index is 0.0678. The number of ketones is 1. The average molecular weight is 247 g/mol. The summed E-state index contributed by atoms with van der Waals surface area (Å²) in [5.41, 5.74) is 1.70. The van der Waals surface area contributed by atoms with Gasteiger partial charge in [-0.25, -0.2) is 4.98 Å². The predicted molar refractivity (Wildman–Crippen MR) is 67.9 cm³/mol. The first-order valence-electron chi connectivity index (χ1n) is 5.27. The quantitative estimate of drug-likeness (QED) is 0.780. The van der Waals surface area contributed by atoms with Crippen molar-refractivity contribution in [3.05, 3.63) is 45.9 Å². The predicted octanol–water partition coefficient (Wildman–Crippen LogP) is 2.89. The van der Waals surface area contributed by atoms with E-state index in [9.17, 15) is 4.79 Å². The van der Waals surface area contributed by atoms with Crippen molar-refractivity contribution in [3.8, 4) is 5.75 Å². The number of benzene rings is 1. The van der Waals surface area contributed by atoms with Crippen LogP contribution >= 0.6 is 11.3 Å². The maximum absolute atomic E-state index is 12.0. The summed E-state index contributed by atoms with van der Waals surface area (Å²) in [7, 11) is 1.61. The second kappa shape index (κ2) is 5.10. The van der Waals surface area contributed by atoms with Gasteiger partial charge in [-0.3, -0.25) is 4.79 Å². The Labute approximate surface area is 104 Å². The summed E-state index contributed by atoms with van der Waals surface area (Å²) in [5.74, 6) is 0.813. The largest absolute Gasteiger partial charge is 0.496 e. The van der Waals surface area contributed by atoms with Crippen LogP contribution in [0.2, 0.25) is 0 Å². The third-order valence-corrected chi connectivity index (χ3v) is 3.30. The fraction of sp³-hybridized carbons (Fsp3) is 0.231. The molecule has 4 heteroatoms. The van der Waals surface area contributed by atoms with Crippen molar-refractivity contribution >= 4 is 17.1 Å². The highest BCUT2D eigenvalue weighted by Gasteiger charge is 2.10. The Kier molecular flexibility index (Phi) is 3.54. The fourth-order valence-corrected chi connectivity index (χ4v) is 2.19. The molecule has 0 aliphatic carbocycles. The SMILES string of the molecule is COc1cc(C(=O)Cc2nccs2)ccc1C. The van der Waals surface area contributed by atoms with Gasteiger partial charge in [-0.05, 0) is 18.6 Å². The van der Waals surface area contributed by atoms with Crippen molar-refractivity contribution in [2.45, 2.75) is 13.3 Å². The van der Waals surface area contributed by atoms with Crippen LogP contribution < -0.4 is 4.74 Å². The maximum Gasteiger partial charge on any atom is 0.169 e. The molecule has 0 saturated carbocycles. The molecular weight excluding hydrogens is 234 g/mol. The van der Waals surface area contributed by atoms with Gasteiger partial charge in [0, 0.05) is 17.1 Å². The lowest BCUT2D eigenvalue weighted by Crippen LogP contribution is -2.04. The van der Waals surface area contributed by atoms with Crippen molar-refractivity contribution in [2.24, 2.45) is 0 Å². The topological polar surface area (TPSA) is 39.2 Å². The molecule has 0 spiro atoms. The van der Waals surface area contributed by atoms with Gasteiger partial charge in [0.1, 0.15) is 10.8 Å². The van der Waals surface area contributed by atoms with Crippen LogP contribution in [-0.2, 0) is 6.42 Å². The third kappa shape index (κ3) is 2.71. The normalized spacial score (nSPS) is 10.2. The van der Waals surface area contributed by atoms with E-state index in [1.54, 1.807) is 19.4 Å². The standard InChI is InChI=1S/C13H13NO2S/c1-9-3-4-10(7-12(9)16-2)11(15)8-13-14-5-6-17-13/h3-7H,8H2,1-2H3. The highest BCUT2D eigenvalue weighted by atomic mass is 32.1. The zero-order valence-electron chi connectivity index (χ0n) is 9.77. The number of aromatic nitrogens is 1. The summed E-state index contributed by atoms with van der Waals surface area (Å²) in [5, 5.41) is 2.72. The molecule has 0 N–H and O–H groups in total. The van der Waals surface area contributed by atoms with E-state index in [0.717, 1.165) is 16.3 Å². The Morgan fingerprint density at radius 1 is 1.47 bits per heavy atom. The molecule has 1 aromatic carbocycles. The van der Waals surface area contributed by atoms with E-state index >= 15 is 0 Å². The van der Waals surface area contributed by atoms with Crippen LogP contribution in [0, 0.1) is 6.92 Å². The Balaban J connectivity index is 2.19. The van der Waals surface area contributed by atoms with Crippen LogP contribution in [0.4, 0.5) is 0 Å². The number of methoxy groups -OCH3 is 1. The van der Waals surface area contributed by atoms with Crippen molar-refractivity contribution in [2.75, 3.05) is 7.11 Å². The zero-order valence-corrected chi connectivity index (χ0v) is 10.6. The van der Waals surface area contributed by atoms with E-state index in [2.05, 4.69) is 4.98 Å². The molecule has 2 aromatic rings. The molecule has 0 radical (unpaired) electrons. The molecule has 17 heavy (non-hydrogen) atoms. The van der Waals surface area contributed by atoms with E-state index in [0.29, 0.717) is 12.0 Å². The Hall–Kier alpha value is -1.68. The first-order valence-corrected chi connectivity index (χ1v) is 6.15. The average Bonchev–Trinajstić information content (AvgIpc) is 2.82. The summed E-state index contributed by atoms with van der Waals surface area (Å²) in [6.07, 6.45) is 2.06. The molecule has 0 amide bonds. The van der Waals surface area contributed by atoms with Gasteiger partial charge in [-0.15, -0.1) is 11.3 Å². The molecule has 0 aliphatic heterocycles. The van der Waals surface area contributed by atoms with E-state index in [-0.39, 0.29) is 5.78 Å². The lowest BCUT2D eigenvalue weighted by molar-refractivity contribution is 0.0992. The number of thiazole rings is 1. The number of aryl methyl sites for hydroxylation is 1. The summed E-state index contributed by atoms with van der Waals surface area (Å²) in [6.45, 7) is 1.95. The molecular formula is C13H13NO2S. The van der Waals surface area contributed by atoms with Gasteiger partial charge in [0.25, 0.3) is 0 Å². The molecule has 3 nitrogen and oxygen atoms in total. The Bertz CT molecular complexity index is 520. The van der Waals surface area contributed by atoms with E-state index in [1.807, 2.05) is 24.4 Å². The van der Waals surface area contributed by atoms with Crippen LogP contribution in [0.25, 0.3) is 0 Å². The van der Waals surface area contributed by atoms with Gasteiger partial charge in [0.05, 0.1) is 13.5 Å². The number of rotatable bonds is 4.